The van der Waals surface area contributed by atoms with Crippen molar-refractivity contribution < 1.29 is 0 Å². The van der Waals surface area contributed by atoms with Gasteiger partial charge in [0.05, 0.1) is 23.5 Å². The van der Waals surface area contributed by atoms with Crippen molar-refractivity contribution in [1.82, 2.24) is 14.9 Å². The van der Waals surface area contributed by atoms with Gasteiger partial charge in [-0.3, -0.25) is 4.98 Å². The van der Waals surface area contributed by atoms with Crippen LogP contribution in [0.2, 0.25) is 0 Å². The van der Waals surface area contributed by atoms with Crippen molar-refractivity contribution >= 4 is 23.0 Å². The number of anilines is 1. The van der Waals surface area contributed by atoms with Crippen LogP contribution >= 0.6 is 12.2 Å². The SMILES string of the molecule is Cc1cc(C)c(-n2c(C)cc([C@H]3[C@H](c4ccccn4)NC(=S)N3c3ccc(C(C)C)cc3)c2C)c(C)c1. The second-order valence-corrected chi connectivity index (χ2v) is 11.0. The normalized spacial score (nSPS) is 17.5. The number of hydrogen-bond acceptors (Lipinski definition) is 2. The Morgan fingerprint density at radius 3 is 2.16 bits per heavy atom. The topological polar surface area (TPSA) is 33.1 Å². The molecule has 0 aliphatic carbocycles. The zero-order chi connectivity index (χ0) is 26.4. The van der Waals surface area contributed by atoms with Gasteiger partial charge in [0.25, 0.3) is 0 Å². The van der Waals surface area contributed by atoms with Crippen molar-refractivity contribution in [3.8, 4) is 5.69 Å². The summed E-state index contributed by atoms with van der Waals surface area (Å²) in [4.78, 5) is 7.01. The van der Waals surface area contributed by atoms with Crippen molar-refractivity contribution in [2.24, 2.45) is 0 Å². The third-order valence-corrected chi connectivity index (χ3v) is 7.90. The molecule has 2 aromatic heterocycles. The maximum Gasteiger partial charge on any atom is 0.174 e. The lowest BCUT2D eigenvalue weighted by atomic mass is 9.96. The molecular formula is C32H36N4S. The van der Waals surface area contributed by atoms with Gasteiger partial charge in [-0.25, -0.2) is 0 Å². The van der Waals surface area contributed by atoms with Crippen molar-refractivity contribution in [2.45, 2.75) is 66.5 Å². The number of benzene rings is 2. The Labute approximate surface area is 226 Å². The van der Waals surface area contributed by atoms with Gasteiger partial charge in [-0.2, -0.15) is 0 Å². The molecule has 4 nitrogen and oxygen atoms in total. The lowest BCUT2D eigenvalue weighted by Crippen LogP contribution is -2.29. The monoisotopic (exact) mass is 508 g/mol. The highest BCUT2D eigenvalue weighted by Gasteiger charge is 2.42. The Balaban J connectivity index is 1.69. The molecule has 1 N–H and O–H groups in total. The number of aromatic nitrogens is 2. The van der Waals surface area contributed by atoms with Crippen molar-refractivity contribution in [3.05, 3.63) is 112 Å². The first-order valence-corrected chi connectivity index (χ1v) is 13.5. The molecular weight excluding hydrogens is 472 g/mol. The number of nitrogens with one attached hydrogen (secondary N) is 1. The highest BCUT2D eigenvalue weighted by molar-refractivity contribution is 7.80. The molecule has 5 rings (SSSR count). The second-order valence-electron chi connectivity index (χ2n) is 10.7. The Hall–Kier alpha value is -3.44. The lowest BCUT2D eigenvalue weighted by Gasteiger charge is -2.28. The summed E-state index contributed by atoms with van der Waals surface area (Å²) in [6.07, 6.45) is 1.86. The molecule has 1 aliphatic rings. The molecule has 0 bridgehead atoms. The van der Waals surface area contributed by atoms with E-state index in [1.165, 1.54) is 44.9 Å². The standard InChI is InChI=1S/C32H36N4S/c1-19(2)25-11-13-26(14-12-25)36-31(29(34-32(36)37)28-10-8-9-15-33-28)27-18-23(6)35(24(27)7)30-21(4)16-20(3)17-22(30)5/h8-19,29,31H,1-7H3,(H,34,37)/t29-,31-/m0/s1. The molecule has 0 saturated carbocycles. The molecule has 0 amide bonds. The Morgan fingerprint density at radius 1 is 0.892 bits per heavy atom. The molecule has 0 radical (unpaired) electrons. The summed E-state index contributed by atoms with van der Waals surface area (Å²) < 4.78 is 2.41. The zero-order valence-corrected chi connectivity index (χ0v) is 23.6. The number of nitrogens with zero attached hydrogens (tertiary/aromatic N) is 3. The first-order chi connectivity index (χ1) is 17.7. The molecule has 190 valence electrons. The smallest absolute Gasteiger partial charge is 0.174 e. The molecule has 2 atom stereocenters. The van der Waals surface area contributed by atoms with Crippen LogP contribution in [0.3, 0.4) is 0 Å². The number of pyridine rings is 1. The average Bonchev–Trinajstić information content (AvgIpc) is 3.35. The van der Waals surface area contributed by atoms with E-state index in [4.69, 9.17) is 17.2 Å². The van der Waals surface area contributed by atoms with Gasteiger partial charge in [-0.05, 0) is 105 Å². The van der Waals surface area contributed by atoms with Crippen LogP contribution in [0.1, 0.15) is 76.7 Å². The molecule has 1 fully saturated rings. The van der Waals surface area contributed by atoms with Crippen molar-refractivity contribution in [3.63, 3.8) is 0 Å². The lowest BCUT2D eigenvalue weighted by molar-refractivity contribution is 0.565. The van der Waals surface area contributed by atoms with Crippen LogP contribution in [0.5, 0.6) is 0 Å². The summed E-state index contributed by atoms with van der Waals surface area (Å²) >= 11 is 5.97. The minimum atomic E-state index is -0.0624. The van der Waals surface area contributed by atoms with Crippen LogP contribution in [0, 0.1) is 34.6 Å². The Bertz CT molecular complexity index is 1430. The molecule has 1 saturated heterocycles. The van der Waals surface area contributed by atoms with E-state index in [-0.39, 0.29) is 12.1 Å². The fraction of sp³-hybridized carbons (Fsp3) is 0.312. The molecule has 4 aromatic rings. The first kappa shape index (κ1) is 25.2. The number of thiocarbonyl (C=S) groups is 1. The molecule has 0 spiro atoms. The van der Waals surface area contributed by atoms with Crippen LogP contribution in [0.15, 0.2) is 66.9 Å². The quantitative estimate of drug-likeness (QED) is 0.280. The van der Waals surface area contributed by atoms with Gasteiger partial charge in [0, 0.05) is 23.3 Å². The van der Waals surface area contributed by atoms with Crippen molar-refractivity contribution in [2.75, 3.05) is 4.90 Å². The van der Waals surface area contributed by atoms with Gasteiger partial charge in [-0.15, -0.1) is 0 Å². The van der Waals surface area contributed by atoms with Gasteiger partial charge in [0.2, 0.25) is 0 Å². The number of rotatable bonds is 5. The molecule has 3 heterocycles. The van der Waals surface area contributed by atoms with Crippen molar-refractivity contribution in [1.29, 1.82) is 0 Å². The second kappa shape index (κ2) is 9.79. The third kappa shape index (κ3) is 4.46. The van der Waals surface area contributed by atoms with Crippen LogP contribution < -0.4 is 10.2 Å². The van der Waals surface area contributed by atoms with E-state index in [1.54, 1.807) is 0 Å². The fourth-order valence-corrected chi connectivity index (χ4v) is 6.27. The van der Waals surface area contributed by atoms with E-state index >= 15 is 0 Å². The van der Waals surface area contributed by atoms with E-state index < -0.39 is 0 Å². The fourth-order valence-electron chi connectivity index (χ4n) is 5.93. The molecule has 0 unspecified atom stereocenters. The van der Waals surface area contributed by atoms with Crippen LogP contribution in [-0.2, 0) is 0 Å². The predicted molar refractivity (Wildman–Crippen MR) is 158 cm³/mol. The maximum atomic E-state index is 5.97. The molecule has 2 aromatic carbocycles. The van der Waals surface area contributed by atoms with Crippen LogP contribution in [0.4, 0.5) is 5.69 Å². The van der Waals surface area contributed by atoms with Crippen LogP contribution in [0.25, 0.3) is 5.69 Å². The average molecular weight is 509 g/mol. The summed E-state index contributed by atoms with van der Waals surface area (Å²) in [6, 6.07) is 21.7. The van der Waals surface area contributed by atoms with Gasteiger partial charge in [0.15, 0.2) is 5.11 Å². The van der Waals surface area contributed by atoms with Crippen LogP contribution in [-0.4, -0.2) is 14.7 Å². The van der Waals surface area contributed by atoms with Gasteiger partial charge >= 0.3 is 0 Å². The zero-order valence-electron chi connectivity index (χ0n) is 22.8. The maximum absolute atomic E-state index is 5.97. The van der Waals surface area contributed by atoms with E-state index in [2.05, 4.69) is 112 Å². The number of hydrogen-bond donors (Lipinski definition) is 1. The first-order valence-electron chi connectivity index (χ1n) is 13.0. The van der Waals surface area contributed by atoms with Gasteiger partial charge in [-0.1, -0.05) is 49.7 Å². The van der Waals surface area contributed by atoms with Gasteiger partial charge in [0.1, 0.15) is 0 Å². The molecule has 1 aliphatic heterocycles. The highest BCUT2D eigenvalue weighted by Crippen LogP contribution is 2.44. The predicted octanol–water partition coefficient (Wildman–Crippen LogP) is 7.71. The van der Waals surface area contributed by atoms with E-state index in [0.29, 0.717) is 5.92 Å². The summed E-state index contributed by atoms with van der Waals surface area (Å²) in [7, 11) is 0. The summed E-state index contributed by atoms with van der Waals surface area (Å²) in [6.45, 7) is 15.5. The minimum Gasteiger partial charge on any atom is -0.351 e. The summed E-state index contributed by atoms with van der Waals surface area (Å²) in [5, 5.41) is 4.34. The Morgan fingerprint density at radius 2 is 1.57 bits per heavy atom. The summed E-state index contributed by atoms with van der Waals surface area (Å²) in [5.41, 5.74) is 12.2. The molecule has 37 heavy (non-hydrogen) atoms. The van der Waals surface area contributed by atoms with E-state index in [0.717, 1.165) is 16.5 Å². The Kier molecular flexibility index (Phi) is 6.67. The summed E-state index contributed by atoms with van der Waals surface area (Å²) in [5.74, 6) is 0.481. The minimum absolute atomic E-state index is 0.0293. The van der Waals surface area contributed by atoms with Gasteiger partial charge < -0.3 is 14.8 Å². The number of aryl methyl sites for hydroxylation is 4. The third-order valence-electron chi connectivity index (χ3n) is 7.58. The highest BCUT2D eigenvalue weighted by atomic mass is 32.1. The molecule has 5 heteroatoms. The van der Waals surface area contributed by atoms with E-state index in [9.17, 15) is 0 Å². The largest absolute Gasteiger partial charge is 0.351 e. The van der Waals surface area contributed by atoms with E-state index in [1.807, 2.05) is 18.3 Å².